The Hall–Kier alpha value is -2.51. The topological polar surface area (TPSA) is 86.2 Å². The molecule has 0 radical (unpaired) electrons. The van der Waals surface area contributed by atoms with Crippen LogP contribution in [0.1, 0.15) is 50.5 Å². The van der Waals surface area contributed by atoms with Gasteiger partial charge < -0.3 is 25.7 Å². The minimum atomic E-state index is 0.0296. The van der Waals surface area contributed by atoms with Gasteiger partial charge >= 0.3 is 0 Å². The Morgan fingerprint density at radius 3 is 2.68 bits per heavy atom. The Morgan fingerprint density at radius 1 is 1.13 bits per heavy atom. The zero-order valence-electron chi connectivity index (χ0n) is 18.6. The van der Waals surface area contributed by atoms with E-state index in [1.807, 2.05) is 18.3 Å². The third-order valence-electron chi connectivity index (χ3n) is 6.50. The monoisotopic (exact) mass is 422 g/mol. The van der Waals surface area contributed by atoms with Gasteiger partial charge in [-0.2, -0.15) is 0 Å². The van der Waals surface area contributed by atoms with E-state index in [0.29, 0.717) is 12.1 Å². The van der Waals surface area contributed by atoms with Gasteiger partial charge in [0.15, 0.2) is 0 Å². The summed E-state index contributed by atoms with van der Waals surface area (Å²) in [5.41, 5.74) is 2.70. The van der Waals surface area contributed by atoms with Crippen molar-refractivity contribution in [2.75, 3.05) is 26.0 Å². The van der Waals surface area contributed by atoms with Gasteiger partial charge in [0.05, 0.1) is 5.52 Å². The van der Waals surface area contributed by atoms with Crippen molar-refractivity contribution in [1.82, 2.24) is 20.2 Å². The Balaban J connectivity index is 1.51. The van der Waals surface area contributed by atoms with Crippen LogP contribution in [-0.4, -0.2) is 60.1 Å². The highest BCUT2D eigenvalue weighted by Gasteiger charge is 2.23. The first-order valence-corrected chi connectivity index (χ1v) is 11.4. The Morgan fingerprint density at radius 2 is 1.97 bits per heavy atom. The van der Waals surface area contributed by atoms with Crippen LogP contribution in [-0.2, 0) is 4.74 Å². The van der Waals surface area contributed by atoms with E-state index in [-0.39, 0.29) is 6.23 Å². The van der Waals surface area contributed by atoms with Crippen molar-refractivity contribution in [2.45, 2.75) is 63.3 Å². The zero-order chi connectivity index (χ0) is 21.6. The van der Waals surface area contributed by atoms with Crippen molar-refractivity contribution in [1.29, 1.82) is 5.41 Å². The molecule has 1 unspecified atom stereocenters. The van der Waals surface area contributed by atoms with Gasteiger partial charge in [-0.25, -0.2) is 9.97 Å². The maximum atomic E-state index is 7.91. The molecule has 0 amide bonds. The van der Waals surface area contributed by atoms with Crippen molar-refractivity contribution in [3.8, 4) is 0 Å². The molecule has 1 atom stereocenters. The average molecular weight is 423 g/mol. The summed E-state index contributed by atoms with van der Waals surface area (Å²) in [6.07, 6.45) is 12.9. The molecule has 7 heteroatoms. The highest BCUT2D eigenvalue weighted by atomic mass is 16.5. The van der Waals surface area contributed by atoms with E-state index in [1.165, 1.54) is 25.5 Å². The van der Waals surface area contributed by atoms with Crippen LogP contribution in [0.3, 0.4) is 0 Å². The Labute approximate surface area is 184 Å². The lowest BCUT2D eigenvalue weighted by Gasteiger charge is -2.33. The summed E-state index contributed by atoms with van der Waals surface area (Å²) in [6.45, 7) is 0.796. The van der Waals surface area contributed by atoms with Crippen LogP contribution in [0.2, 0.25) is 0 Å². The van der Waals surface area contributed by atoms with Crippen molar-refractivity contribution in [2.24, 2.45) is 0 Å². The van der Waals surface area contributed by atoms with E-state index in [2.05, 4.69) is 45.7 Å². The molecule has 166 valence electrons. The van der Waals surface area contributed by atoms with Crippen molar-refractivity contribution >= 4 is 28.5 Å². The van der Waals surface area contributed by atoms with E-state index >= 15 is 0 Å². The summed E-state index contributed by atoms with van der Waals surface area (Å²) in [7, 11) is 4.34. The normalized spacial score (nSPS) is 24.9. The number of nitrogens with one attached hydrogen (secondary N) is 3. The van der Waals surface area contributed by atoms with Crippen LogP contribution in [0.15, 0.2) is 30.7 Å². The number of rotatable bonds is 7. The number of benzene rings is 1. The van der Waals surface area contributed by atoms with E-state index in [1.54, 1.807) is 6.33 Å². The quantitative estimate of drug-likeness (QED) is 0.584. The summed E-state index contributed by atoms with van der Waals surface area (Å²) in [5.74, 6) is 0.882. The summed E-state index contributed by atoms with van der Waals surface area (Å²) in [5, 5.41) is 15.9. The Bertz CT molecular complexity index is 913. The van der Waals surface area contributed by atoms with Gasteiger partial charge in [-0.05, 0) is 76.7 Å². The van der Waals surface area contributed by atoms with E-state index in [0.717, 1.165) is 60.1 Å². The molecule has 2 heterocycles. The third kappa shape index (κ3) is 5.40. The highest BCUT2D eigenvalue weighted by Crippen LogP contribution is 2.28. The molecule has 2 aromatic rings. The van der Waals surface area contributed by atoms with Crippen molar-refractivity contribution in [3.63, 3.8) is 0 Å². The number of allylic oxidation sites excluding steroid dienone is 1. The molecule has 1 aromatic heterocycles. The van der Waals surface area contributed by atoms with E-state index in [9.17, 15) is 0 Å². The van der Waals surface area contributed by atoms with Crippen LogP contribution in [0.4, 0.5) is 5.82 Å². The molecule has 1 aromatic carbocycles. The molecule has 1 saturated carbocycles. The molecule has 1 aliphatic heterocycles. The maximum Gasteiger partial charge on any atom is 0.137 e. The van der Waals surface area contributed by atoms with Crippen LogP contribution in [0, 0.1) is 5.41 Å². The van der Waals surface area contributed by atoms with Gasteiger partial charge in [0.25, 0.3) is 0 Å². The maximum absolute atomic E-state index is 7.91. The van der Waals surface area contributed by atoms with Crippen molar-refractivity contribution < 1.29 is 4.74 Å². The molecule has 1 aliphatic carbocycles. The van der Waals surface area contributed by atoms with Gasteiger partial charge in [-0.1, -0.05) is 6.07 Å². The number of aromatic nitrogens is 2. The van der Waals surface area contributed by atoms with E-state index in [4.69, 9.17) is 10.1 Å². The predicted octanol–water partition coefficient (Wildman–Crippen LogP) is 4.02. The molecular weight excluding hydrogens is 388 g/mol. The molecule has 1 saturated heterocycles. The molecule has 0 bridgehead atoms. The van der Waals surface area contributed by atoms with Crippen LogP contribution < -0.4 is 10.6 Å². The number of anilines is 1. The Kier molecular flexibility index (Phi) is 7.14. The fourth-order valence-corrected chi connectivity index (χ4v) is 4.54. The molecule has 0 spiro atoms. The lowest BCUT2D eigenvalue weighted by molar-refractivity contribution is 0.00348. The van der Waals surface area contributed by atoms with Gasteiger partial charge in [-0.15, -0.1) is 0 Å². The lowest BCUT2D eigenvalue weighted by atomic mass is 9.90. The molecule has 2 fully saturated rings. The average Bonchev–Trinajstić information content (AvgIpc) is 2.81. The molecule has 2 aliphatic rings. The minimum Gasteiger partial charge on any atom is -0.367 e. The van der Waals surface area contributed by atoms with Gasteiger partial charge in [-0.3, -0.25) is 0 Å². The molecule has 7 nitrogen and oxygen atoms in total. The van der Waals surface area contributed by atoms with Crippen molar-refractivity contribution in [3.05, 3.63) is 36.3 Å². The van der Waals surface area contributed by atoms with Gasteiger partial charge in [0.1, 0.15) is 18.4 Å². The summed E-state index contributed by atoms with van der Waals surface area (Å²) in [6, 6.07) is 7.22. The number of hydrogen-bond donors (Lipinski definition) is 3. The second-order valence-electron chi connectivity index (χ2n) is 8.83. The zero-order valence-corrected chi connectivity index (χ0v) is 18.6. The molecule has 4 rings (SSSR count). The van der Waals surface area contributed by atoms with Gasteiger partial charge in [0, 0.05) is 42.1 Å². The number of ether oxygens (including phenoxy) is 1. The van der Waals surface area contributed by atoms with Crippen LogP contribution >= 0.6 is 0 Å². The third-order valence-corrected chi connectivity index (χ3v) is 6.50. The van der Waals surface area contributed by atoms with Gasteiger partial charge in [0.2, 0.25) is 0 Å². The number of hydrogen-bond acceptors (Lipinski definition) is 7. The first kappa shape index (κ1) is 21.7. The minimum absolute atomic E-state index is 0.0296. The van der Waals surface area contributed by atoms with E-state index < -0.39 is 0 Å². The second kappa shape index (κ2) is 10.2. The first-order valence-electron chi connectivity index (χ1n) is 11.4. The van der Waals surface area contributed by atoms with Crippen LogP contribution in [0.25, 0.3) is 16.5 Å². The smallest absolute Gasteiger partial charge is 0.137 e. The summed E-state index contributed by atoms with van der Waals surface area (Å²) in [4.78, 5) is 11.3. The van der Waals surface area contributed by atoms with Crippen LogP contribution in [0.5, 0.6) is 0 Å². The number of fused-ring (bicyclic) bond motifs is 1. The standard InChI is InChI=1S/C24H34N6O/c1-30(2)20-9-7-19(8-10-20)29-24-21-13-17(6-11-22(21)27-16-28-24)18(14-25)15-26-23-5-3-4-12-31-23/h6,11,13-16,19-20,23,25-26H,3-5,7-10,12H2,1-2H3,(H,27,28,29)/b18-15+,25-14?/t19-,20-,23?. The second-order valence-corrected chi connectivity index (χ2v) is 8.83. The summed E-state index contributed by atoms with van der Waals surface area (Å²) < 4.78 is 5.74. The number of nitrogens with zero attached hydrogens (tertiary/aromatic N) is 3. The molecule has 31 heavy (non-hydrogen) atoms. The SMILES string of the molecule is CN(C)[C@H]1CC[C@H](Nc2ncnc3ccc(/C(C=N)=C/NC4CCCCO4)cc23)CC1. The molecular formula is C24H34N6O. The largest absolute Gasteiger partial charge is 0.367 e. The lowest BCUT2D eigenvalue weighted by Crippen LogP contribution is -2.36. The fourth-order valence-electron chi connectivity index (χ4n) is 4.54. The first-order chi connectivity index (χ1) is 15.1. The predicted molar refractivity (Wildman–Crippen MR) is 126 cm³/mol. The fraction of sp³-hybridized carbons (Fsp3) is 0.542. The highest BCUT2D eigenvalue weighted by molar-refractivity contribution is 6.09. The summed E-state index contributed by atoms with van der Waals surface area (Å²) >= 11 is 0. The molecule has 3 N–H and O–H groups in total.